The molecule has 0 unspecified atom stereocenters. The van der Waals surface area contributed by atoms with Crippen molar-refractivity contribution in [1.82, 2.24) is 19.9 Å². The maximum atomic E-state index is 4.58. The molecule has 33 heavy (non-hydrogen) atoms. The van der Waals surface area contributed by atoms with Gasteiger partial charge in [0.2, 0.25) is 0 Å². The lowest BCUT2D eigenvalue weighted by Gasteiger charge is -2.25. The van der Waals surface area contributed by atoms with E-state index in [4.69, 9.17) is 0 Å². The summed E-state index contributed by atoms with van der Waals surface area (Å²) in [5.74, 6) is 1.38. The van der Waals surface area contributed by atoms with Gasteiger partial charge in [-0.25, -0.2) is 9.97 Å². The van der Waals surface area contributed by atoms with E-state index in [1.54, 1.807) is 37.2 Å². The Morgan fingerprint density at radius 1 is 0.485 bits per heavy atom. The van der Waals surface area contributed by atoms with Crippen molar-refractivity contribution in [1.29, 1.82) is 0 Å². The molecular weight excluding hydrogens is 406 g/mol. The van der Waals surface area contributed by atoms with E-state index in [1.807, 2.05) is 4.90 Å². The van der Waals surface area contributed by atoms with Gasteiger partial charge in [0.1, 0.15) is 0 Å². The van der Waals surface area contributed by atoms with Crippen LogP contribution in [0.5, 0.6) is 0 Å². The van der Waals surface area contributed by atoms with Crippen molar-refractivity contribution in [3.8, 4) is 0 Å². The molecule has 0 amide bonds. The second-order valence-corrected chi connectivity index (χ2v) is 8.03. The third-order valence-electron chi connectivity index (χ3n) is 6.30. The molecular formula is C28H17N5. The Morgan fingerprint density at radius 3 is 1.64 bits per heavy atom. The molecule has 2 heterocycles. The molecule has 0 aliphatic carbocycles. The van der Waals surface area contributed by atoms with E-state index >= 15 is 0 Å². The minimum Gasteiger partial charge on any atom is -0.276 e. The van der Waals surface area contributed by atoms with Gasteiger partial charge >= 0.3 is 0 Å². The summed E-state index contributed by atoms with van der Waals surface area (Å²) in [6.07, 6.45) is 10.2. The number of fused-ring (bicyclic) bond motifs is 2. The number of hydrogen-bond donors (Lipinski definition) is 0. The van der Waals surface area contributed by atoms with Gasteiger partial charge in [-0.2, -0.15) is 0 Å². The lowest BCUT2D eigenvalue weighted by atomic mass is 9.89. The van der Waals surface area contributed by atoms with Gasteiger partial charge in [0.05, 0.1) is 18.1 Å². The van der Waals surface area contributed by atoms with Crippen molar-refractivity contribution >= 4 is 60.4 Å². The molecule has 5 aromatic carbocycles. The molecule has 7 rings (SSSR count). The zero-order valence-corrected chi connectivity index (χ0v) is 17.6. The van der Waals surface area contributed by atoms with Crippen LogP contribution >= 0.6 is 0 Å². The zero-order chi connectivity index (χ0) is 21.8. The second kappa shape index (κ2) is 6.93. The number of benzene rings is 5. The SMILES string of the molecule is c1cc2cccc3c4ccc(N(c5cnccn5)c5cnccn5)c5cccc(c(c1)c23)c54. The fourth-order valence-electron chi connectivity index (χ4n) is 5.00. The maximum Gasteiger partial charge on any atom is 0.157 e. The molecule has 0 radical (unpaired) electrons. The van der Waals surface area contributed by atoms with E-state index in [2.05, 4.69) is 86.7 Å². The summed E-state index contributed by atoms with van der Waals surface area (Å²) in [5.41, 5.74) is 0.989. The highest BCUT2D eigenvalue weighted by Gasteiger charge is 2.20. The summed E-state index contributed by atoms with van der Waals surface area (Å²) < 4.78 is 0. The highest BCUT2D eigenvalue weighted by atomic mass is 15.2. The number of hydrogen-bond acceptors (Lipinski definition) is 5. The second-order valence-electron chi connectivity index (χ2n) is 8.03. The molecule has 5 nitrogen and oxygen atoms in total. The Bertz CT molecular complexity index is 1670. The lowest BCUT2D eigenvalue weighted by Crippen LogP contribution is -2.14. The Kier molecular flexibility index (Phi) is 3.78. The highest BCUT2D eigenvalue weighted by molar-refractivity contribution is 6.34. The van der Waals surface area contributed by atoms with Gasteiger partial charge in [-0.3, -0.25) is 14.9 Å². The Balaban J connectivity index is 1.64. The average Bonchev–Trinajstić information content (AvgIpc) is 2.89. The molecule has 0 aliphatic heterocycles. The first-order valence-electron chi connectivity index (χ1n) is 10.8. The molecule has 0 spiro atoms. The predicted molar refractivity (Wildman–Crippen MR) is 134 cm³/mol. The van der Waals surface area contributed by atoms with Gasteiger partial charge in [0.25, 0.3) is 0 Å². The molecule has 0 saturated heterocycles. The van der Waals surface area contributed by atoms with Gasteiger partial charge in [0, 0.05) is 30.2 Å². The Labute approximate surface area is 189 Å². The monoisotopic (exact) mass is 423 g/mol. The van der Waals surface area contributed by atoms with Crippen LogP contribution in [-0.2, 0) is 0 Å². The summed E-state index contributed by atoms with van der Waals surface area (Å²) in [4.78, 5) is 19.8. The molecule has 5 heteroatoms. The van der Waals surface area contributed by atoms with E-state index in [9.17, 15) is 0 Å². The van der Waals surface area contributed by atoms with E-state index < -0.39 is 0 Å². The summed E-state index contributed by atoms with van der Waals surface area (Å²) >= 11 is 0. The van der Waals surface area contributed by atoms with Crippen LogP contribution in [0.4, 0.5) is 17.3 Å². The number of aromatic nitrogens is 4. The highest BCUT2D eigenvalue weighted by Crippen LogP contribution is 2.44. The smallest absolute Gasteiger partial charge is 0.157 e. The predicted octanol–water partition coefficient (Wildman–Crippen LogP) is 6.79. The normalized spacial score (nSPS) is 11.6. The van der Waals surface area contributed by atoms with E-state index in [0.29, 0.717) is 11.6 Å². The Morgan fingerprint density at radius 2 is 1.03 bits per heavy atom. The molecule has 0 aliphatic rings. The van der Waals surface area contributed by atoms with E-state index in [-0.39, 0.29) is 0 Å². The first-order chi connectivity index (χ1) is 16.4. The van der Waals surface area contributed by atoms with Gasteiger partial charge in [-0.1, -0.05) is 60.7 Å². The third-order valence-corrected chi connectivity index (χ3v) is 6.30. The molecule has 154 valence electrons. The first-order valence-corrected chi connectivity index (χ1v) is 10.8. The topological polar surface area (TPSA) is 54.8 Å². The van der Waals surface area contributed by atoms with Crippen LogP contribution in [-0.4, -0.2) is 19.9 Å². The standard InChI is InChI=1S/C28H17N5/c1-4-18-5-2-7-20-22-10-11-24(23-9-3-8-21(28(22)23)19(6-1)27(18)20)33(25-16-29-12-14-31-25)26-17-30-13-15-32-26/h1-17H. The molecule has 2 aromatic heterocycles. The van der Waals surface area contributed by atoms with Crippen LogP contribution in [0.15, 0.2) is 104 Å². The fourth-order valence-corrected chi connectivity index (χ4v) is 5.00. The van der Waals surface area contributed by atoms with Gasteiger partial charge < -0.3 is 0 Å². The average molecular weight is 423 g/mol. The van der Waals surface area contributed by atoms with Crippen molar-refractivity contribution < 1.29 is 0 Å². The van der Waals surface area contributed by atoms with Crippen molar-refractivity contribution in [3.05, 3.63) is 104 Å². The largest absolute Gasteiger partial charge is 0.276 e. The third kappa shape index (κ3) is 2.59. The van der Waals surface area contributed by atoms with Crippen LogP contribution in [0.2, 0.25) is 0 Å². The number of nitrogens with zero attached hydrogens (tertiary/aromatic N) is 5. The van der Waals surface area contributed by atoms with E-state index in [0.717, 1.165) is 11.1 Å². The van der Waals surface area contributed by atoms with Crippen LogP contribution < -0.4 is 4.90 Å². The number of rotatable bonds is 3. The molecule has 7 aromatic rings. The maximum absolute atomic E-state index is 4.58. The van der Waals surface area contributed by atoms with Gasteiger partial charge in [0.15, 0.2) is 11.6 Å². The van der Waals surface area contributed by atoms with Crippen LogP contribution in [0.3, 0.4) is 0 Å². The first kappa shape index (κ1) is 18.0. The van der Waals surface area contributed by atoms with Crippen molar-refractivity contribution in [2.45, 2.75) is 0 Å². The summed E-state index contributed by atoms with van der Waals surface area (Å²) in [7, 11) is 0. The quantitative estimate of drug-likeness (QED) is 0.231. The van der Waals surface area contributed by atoms with Crippen LogP contribution in [0.1, 0.15) is 0 Å². The van der Waals surface area contributed by atoms with Gasteiger partial charge in [-0.15, -0.1) is 0 Å². The minimum absolute atomic E-state index is 0.692. The molecule has 0 atom stereocenters. The summed E-state index contributed by atoms with van der Waals surface area (Å²) in [5, 5.41) is 9.96. The molecule has 0 bridgehead atoms. The zero-order valence-electron chi connectivity index (χ0n) is 17.6. The van der Waals surface area contributed by atoms with Crippen LogP contribution in [0.25, 0.3) is 43.1 Å². The van der Waals surface area contributed by atoms with Crippen molar-refractivity contribution in [3.63, 3.8) is 0 Å². The lowest BCUT2D eigenvalue weighted by molar-refractivity contribution is 1.07. The molecule has 0 N–H and O–H groups in total. The van der Waals surface area contributed by atoms with E-state index in [1.165, 1.54) is 37.7 Å². The van der Waals surface area contributed by atoms with Crippen molar-refractivity contribution in [2.75, 3.05) is 4.90 Å². The summed E-state index contributed by atoms with van der Waals surface area (Å²) in [6.45, 7) is 0. The molecule has 0 saturated carbocycles. The van der Waals surface area contributed by atoms with Crippen molar-refractivity contribution in [2.24, 2.45) is 0 Å². The summed E-state index contributed by atoms with van der Waals surface area (Å²) in [6, 6.07) is 24.0. The Hall–Kier alpha value is -4.64. The van der Waals surface area contributed by atoms with Crippen LogP contribution in [0, 0.1) is 0 Å². The minimum atomic E-state index is 0.692. The fraction of sp³-hybridized carbons (Fsp3) is 0. The number of anilines is 3. The van der Waals surface area contributed by atoms with Gasteiger partial charge in [-0.05, 0) is 43.8 Å². The molecule has 0 fully saturated rings.